The molecule has 0 saturated carbocycles. The lowest BCUT2D eigenvalue weighted by Gasteiger charge is -2.37. The van der Waals surface area contributed by atoms with Gasteiger partial charge in [-0.2, -0.15) is 4.98 Å². The molecule has 0 unspecified atom stereocenters. The fourth-order valence-electron chi connectivity index (χ4n) is 2.23. The molecule has 18 heavy (non-hydrogen) atoms. The molecule has 1 aromatic heterocycles. The standard InChI is InChI=1S/C13H14BrN3O/c1-9-15-13(18-16-9)11-7-17(8-11)6-10-3-2-4-12(14)5-10/h2-5,11H,6-8H2,1H3. The van der Waals surface area contributed by atoms with Crippen molar-refractivity contribution in [1.82, 2.24) is 15.0 Å². The predicted octanol–water partition coefficient (Wildman–Crippen LogP) is 2.74. The molecule has 1 aliphatic heterocycles. The maximum atomic E-state index is 5.19. The molecule has 0 aliphatic carbocycles. The van der Waals surface area contributed by atoms with Crippen molar-refractivity contribution < 1.29 is 4.52 Å². The average molecular weight is 308 g/mol. The van der Waals surface area contributed by atoms with Crippen LogP contribution in [0.1, 0.15) is 23.2 Å². The van der Waals surface area contributed by atoms with E-state index in [4.69, 9.17) is 4.52 Å². The molecule has 0 spiro atoms. The third-order valence-corrected chi connectivity index (χ3v) is 3.64. The summed E-state index contributed by atoms with van der Waals surface area (Å²) in [6.07, 6.45) is 0. The summed E-state index contributed by atoms with van der Waals surface area (Å²) in [5.41, 5.74) is 1.32. The van der Waals surface area contributed by atoms with Crippen LogP contribution in [0, 0.1) is 6.92 Å². The molecule has 94 valence electrons. The van der Waals surface area contributed by atoms with Crippen molar-refractivity contribution in [1.29, 1.82) is 0 Å². The Balaban J connectivity index is 1.56. The first-order valence-electron chi connectivity index (χ1n) is 5.98. The van der Waals surface area contributed by atoms with Gasteiger partial charge in [0.15, 0.2) is 5.82 Å². The smallest absolute Gasteiger partial charge is 0.232 e. The van der Waals surface area contributed by atoms with E-state index in [1.165, 1.54) is 5.56 Å². The van der Waals surface area contributed by atoms with E-state index >= 15 is 0 Å². The molecule has 5 heteroatoms. The molecular formula is C13H14BrN3O. The van der Waals surface area contributed by atoms with Crippen molar-refractivity contribution in [3.8, 4) is 0 Å². The van der Waals surface area contributed by atoms with Gasteiger partial charge in [0, 0.05) is 24.1 Å². The van der Waals surface area contributed by atoms with Gasteiger partial charge in [0.05, 0.1) is 5.92 Å². The first-order valence-corrected chi connectivity index (χ1v) is 6.77. The van der Waals surface area contributed by atoms with Crippen LogP contribution in [-0.4, -0.2) is 28.1 Å². The number of aromatic nitrogens is 2. The molecule has 0 atom stereocenters. The molecule has 0 amide bonds. The Hall–Kier alpha value is -1.20. The highest BCUT2D eigenvalue weighted by Gasteiger charge is 2.32. The minimum Gasteiger partial charge on any atom is -0.339 e. The number of rotatable bonds is 3. The summed E-state index contributed by atoms with van der Waals surface area (Å²) in [7, 11) is 0. The fourth-order valence-corrected chi connectivity index (χ4v) is 2.67. The summed E-state index contributed by atoms with van der Waals surface area (Å²) in [6, 6.07) is 8.42. The molecular weight excluding hydrogens is 294 g/mol. The lowest BCUT2D eigenvalue weighted by Crippen LogP contribution is -2.44. The van der Waals surface area contributed by atoms with Crippen molar-refractivity contribution in [3.05, 3.63) is 46.0 Å². The van der Waals surface area contributed by atoms with E-state index in [0.29, 0.717) is 5.92 Å². The number of nitrogens with zero attached hydrogens (tertiary/aromatic N) is 3. The minimum atomic E-state index is 0.401. The van der Waals surface area contributed by atoms with Crippen LogP contribution in [0.4, 0.5) is 0 Å². The highest BCUT2D eigenvalue weighted by molar-refractivity contribution is 9.10. The number of hydrogen-bond acceptors (Lipinski definition) is 4. The van der Waals surface area contributed by atoms with Gasteiger partial charge in [0.25, 0.3) is 0 Å². The van der Waals surface area contributed by atoms with Crippen molar-refractivity contribution in [2.75, 3.05) is 13.1 Å². The van der Waals surface area contributed by atoms with E-state index in [0.717, 1.165) is 35.8 Å². The van der Waals surface area contributed by atoms with Crippen LogP contribution < -0.4 is 0 Å². The summed E-state index contributed by atoms with van der Waals surface area (Å²) in [5.74, 6) is 1.90. The van der Waals surface area contributed by atoms with Gasteiger partial charge >= 0.3 is 0 Å². The SMILES string of the molecule is Cc1noc(C2CN(Cc3cccc(Br)c3)C2)n1. The molecule has 1 saturated heterocycles. The molecule has 2 heterocycles. The van der Waals surface area contributed by atoms with E-state index in [2.05, 4.69) is 49.2 Å². The van der Waals surface area contributed by atoms with Crippen molar-refractivity contribution in [2.24, 2.45) is 0 Å². The van der Waals surface area contributed by atoms with E-state index in [9.17, 15) is 0 Å². The number of likely N-dealkylation sites (tertiary alicyclic amines) is 1. The van der Waals surface area contributed by atoms with E-state index in [1.54, 1.807) is 0 Å². The van der Waals surface area contributed by atoms with Gasteiger partial charge in [-0.15, -0.1) is 0 Å². The van der Waals surface area contributed by atoms with Gasteiger partial charge in [-0.1, -0.05) is 33.2 Å². The monoisotopic (exact) mass is 307 g/mol. The Labute approximate surface area is 114 Å². The number of hydrogen-bond donors (Lipinski definition) is 0. The summed E-state index contributed by atoms with van der Waals surface area (Å²) < 4.78 is 6.32. The summed E-state index contributed by atoms with van der Waals surface area (Å²) >= 11 is 3.49. The quantitative estimate of drug-likeness (QED) is 0.874. The Bertz CT molecular complexity index is 549. The summed E-state index contributed by atoms with van der Waals surface area (Å²) in [6.45, 7) is 4.82. The molecule has 0 bridgehead atoms. The van der Waals surface area contributed by atoms with Gasteiger partial charge in [-0.3, -0.25) is 4.90 Å². The molecule has 4 nitrogen and oxygen atoms in total. The van der Waals surface area contributed by atoms with Crippen LogP contribution in [0.15, 0.2) is 33.3 Å². The third kappa shape index (κ3) is 2.47. The third-order valence-electron chi connectivity index (χ3n) is 3.14. The van der Waals surface area contributed by atoms with Crippen LogP contribution in [0.25, 0.3) is 0 Å². The van der Waals surface area contributed by atoms with E-state index in [-0.39, 0.29) is 0 Å². The second kappa shape index (κ2) is 4.82. The van der Waals surface area contributed by atoms with Crippen LogP contribution in [0.3, 0.4) is 0 Å². The number of aryl methyl sites for hydroxylation is 1. The number of benzene rings is 1. The van der Waals surface area contributed by atoms with Gasteiger partial charge in [-0.25, -0.2) is 0 Å². The van der Waals surface area contributed by atoms with Crippen LogP contribution in [-0.2, 0) is 6.54 Å². The van der Waals surface area contributed by atoms with E-state index < -0.39 is 0 Å². The summed E-state index contributed by atoms with van der Waals surface area (Å²) in [5, 5.41) is 3.83. The van der Waals surface area contributed by atoms with E-state index in [1.807, 2.05) is 13.0 Å². The van der Waals surface area contributed by atoms with Gasteiger partial charge in [-0.05, 0) is 24.6 Å². The first-order chi connectivity index (χ1) is 8.70. The van der Waals surface area contributed by atoms with Crippen molar-refractivity contribution in [3.63, 3.8) is 0 Å². The van der Waals surface area contributed by atoms with Crippen molar-refractivity contribution >= 4 is 15.9 Å². The topological polar surface area (TPSA) is 42.2 Å². The fraction of sp³-hybridized carbons (Fsp3) is 0.385. The maximum Gasteiger partial charge on any atom is 0.232 e. The second-order valence-corrected chi connectivity index (χ2v) is 5.62. The molecule has 0 radical (unpaired) electrons. The molecule has 3 rings (SSSR count). The Kier molecular flexibility index (Phi) is 3.18. The van der Waals surface area contributed by atoms with Crippen LogP contribution in [0.5, 0.6) is 0 Å². The Morgan fingerprint density at radius 1 is 1.44 bits per heavy atom. The molecule has 0 N–H and O–H groups in total. The average Bonchev–Trinajstić information content (AvgIpc) is 2.69. The molecule has 1 aromatic carbocycles. The first kappa shape index (κ1) is 11.9. The van der Waals surface area contributed by atoms with Crippen LogP contribution >= 0.6 is 15.9 Å². The van der Waals surface area contributed by atoms with Gasteiger partial charge in [0.2, 0.25) is 5.89 Å². The Morgan fingerprint density at radius 3 is 2.94 bits per heavy atom. The highest BCUT2D eigenvalue weighted by Crippen LogP contribution is 2.27. The minimum absolute atomic E-state index is 0.401. The zero-order valence-corrected chi connectivity index (χ0v) is 11.7. The Morgan fingerprint density at radius 2 is 2.28 bits per heavy atom. The predicted molar refractivity (Wildman–Crippen MR) is 71.2 cm³/mol. The largest absolute Gasteiger partial charge is 0.339 e. The molecule has 2 aromatic rings. The normalized spacial score (nSPS) is 16.8. The molecule has 1 aliphatic rings. The van der Waals surface area contributed by atoms with Gasteiger partial charge < -0.3 is 4.52 Å². The summed E-state index contributed by atoms with van der Waals surface area (Å²) in [4.78, 5) is 6.66. The lowest BCUT2D eigenvalue weighted by atomic mass is 9.99. The zero-order chi connectivity index (χ0) is 12.5. The van der Waals surface area contributed by atoms with Crippen LogP contribution in [0.2, 0.25) is 0 Å². The van der Waals surface area contributed by atoms with Crippen molar-refractivity contribution in [2.45, 2.75) is 19.4 Å². The second-order valence-electron chi connectivity index (χ2n) is 4.70. The van der Waals surface area contributed by atoms with Gasteiger partial charge in [0.1, 0.15) is 0 Å². The maximum absolute atomic E-state index is 5.19. The number of halogens is 1. The molecule has 1 fully saturated rings. The highest BCUT2D eigenvalue weighted by atomic mass is 79.9. The lowest BCUT2D eigenvalue weighted by molar-refractivity contribution is 0.117. The zero-order valence-electron chi connectivity index (χ0n) is 10.1.